The van der Waals surface area contributed by atoms with E-state index >= 15 is 0 Å². The molecule has 0 amide bonds. The summed E-state index contributed by atoms with van der Waals surface area (Å²) in [6.45, 7) is 2.09. The molecule has 0 fully saturated rings. The van der Waals surface area contributed by atoms with E-state index in [-0.39, 0.29) is 11.4 Å². The van der Waals surface area contributed by atoms with Crippen molar-refractivity contribution in [3.8, 4) is 11.1 Å². The molecule has 9 heteroatoms. The first-order valence-corrected chi connectivity index (χ1v) is 11.4. The number of pyridine rings is 1. The van der Waals surface area contributed by atoms with Crippen molar-refractivity contribution in [3.05, 3.63) is 82.3 Å². The molecule has 0 saturated carbocycles. The zero-order valence-electron chi connectivity index (χ0n) is 17.3. The van der Waals surface area contributed by atoms with Crippen LogP contribution in [0, 0.1) is 12.7 Å². The van der Waals surface area contributed by atoms with Crippen molar-refractivity contribution in [2.75, 3.05) is 11.0 Å². The minimum absolute atomic E-state index is 0.101. The molecule has 31 heavy (non-hydrogen) atoms. The van der Waals surface area contributed by atoms with E-state index < -0.39 is 10.0 Å². The van der Waals surface area contributed by atoms with Gasteiger partial charge in [-0.05, 0) is 53.9 Å². The Labute approximate surface area is 178 Å². The Hall–Kier alpha value is -3.46. The fraction of sp³-hybridized carbons (Fsp3) is 0.182. The Morgan fingerprint density at radius 2 is 1.90 bits per heavy atom. The molecule has 2 aromatic heterocycles. The van der Waals surface area contributed by atoms with Crippen LogP contribution in [0.2, 0.25) is 0 Å². The van der Waals surface area contributed by atoms with Crippen LogP contribution in [0.5, 0.6) is 0 Å². The molecule has 0 unspecified atom stereocenters. The van der Waals surface area contributed by atoms with Gasteiger partial charge in [-0.2, -0.15) is 0 Å². The number of nitrogens with one attached hydrogen (secondary N) is 1. The Kier molecular flexibility index (Phi) is 5.14. The van der Waals surface area contributed by atoms with E-state index in [9.17, 15) is 17.6 Å². The van der Waals surface area contributed by atoms with Gasteiger partial charge in [-0.15, -0.1) is 0 Å². The fourth-order valence-electron chi connectivity index (χ4n) is 3.60. The fourth-order valence-corrected chi connectivity index (χ4v) is 4.16. The van der Waals surface area contributed by atoms with E-state index in [2.05, 4.69) is 9.71 Å². The molecular formula is C22H21FN4O3S. The number of imidazole rings is 1. The first-order chi connectivity index (χ1) is 14.6. The number of aryl methyl sites for hydroxylation is 2. The number of sulfonamides is 1. The standard InChI is InChI=1S/C22H21FN4O3S/c1-14-7-17(12-26(2)22(14)28)16-9-19(25-31(3,29)30)21-20(10-16)27(13-24-21)11-15-5-4-6-18(23)8-15/h4-10,12-13,25H,11H2,1-3H3. The largest absolute Gasteiger partial charge is 0.326 e. The number of nitrogens with zero attached hydrogens (tertiary/aromatic N) is 3. The summed E-state index contributed by atoms with van der Waals surface area (Å²) >= 11 is 0. The van der Waals surface area contributed by atoms with Crippen molar-refractivity contribution in [3.63, 3.8) is 0 Å². The summed E-state index contributed by atoms with van der Waals surface area (Å²) in [6.07, 6.45) is 4.37. The maximum absolute atomic E-state index is 13.6. The van der Waals surface area contributed by atoms with Gasteiger partial charge in [0, 0.05) is 25.4 Å². The van der Waals surface area contributed by atoms with Gasteiger partial charge in [0.1, 0.15) is 11.3 Å². The number of hydrogen-bond donors (Lipinski definition) is 1. The monoisotopic (exact) mass is 440 g/mol. The molecule has 0 spiro atoms. The minimum atomic E-state index is -3.55. The molecular weight excluding hydrogens is 419 g/mol. The van der Waals surface area contributed by atoms with Gasteiger partial charge in [0.25, 0.3) is 5.56 Å². The van der Waals surface area contributed by atoms with Gasteiger partial charge in [-0.1, -0.05) is 12.1 Å². The lowest BCUT2D eigenvalue weighted by atomic mass is 10.0. The van der Waals surface area contributed by atoms with Gasteiger partial charge in [0.05, 0.1) is 23.8 Å². The zero-order valence-corrected chi connectivity index (χ0v) is 18.1. The van der Waals surface area contributed by atoms with Crippen LogP contribution in [0.25, 0.3) is 22.2 Å². The number of fused-ring (bicyclic) bond motifs is 1. The van der Waals surface area contributed by atoms with Crippen LogP contribution < -0.4 is 10.3 Å². The summed E-state index contributed by atoms with van der Waals surface area (Å²) in [5.41, 5.74) is 4.20. The van der Waals surface area contributed by atoms with Crippen molar-refractivity contribution in [1.29, 1.82) is 0 Å². The van der Waals surface area contributed by atoms with E-state index in [0.29, 0.717) is 28.8 Å². The average molecular weight is 441 g/mol. The van der Waals surface area contributed by atoms with Crippen LogP contribution in [-0.2, 0) is 23.6 Å². The Balaban J connectivity index is 1.92. The minimum Gasteiger partial charge on any atom is -0.326 e. The lowest BCUT2D eigenvalue weighted by Crippen LogP contribution is -2.18. The van der Waals surface area contributed by atoms with Crippen LogP contribution in [-0.4, -0.2) is 28.8 Å². The topological polar surface area (TPSA) is 86.0 Å². The lowest BCUT2D eigenvalue weighted by molar-refractivity contribution is 0.607. The van der Waals surface area contributed by atoms with E-state index in [0.717, 1.165) is 22.9 Å². The number of hydrogen-bond acceptors (Lipinski definition) is 4. The highest BCUT2D eigenvalue weighted by Gasteiger charge is 2.15. The van der Waals surface area contributed by atoms with Crippen LogP contribution in [0.1, 0.15) is 11.1 Å². The van der Waals surface area contributed by atoms with Crippen molar-refractivity contribution in [1.82, 2.24) is 14.1 Å². The normalized spacial score (nSPS) is 11.7. The highest BCUT2D eigenvalue weighted by Crippen LogP contribution is 2.31. The van der Waals surface area contributed by atoms with Crippen LogP contribution >= 0.6 is 0 Å². The molecule has 0 aliphatic carbocycles. The molecule has 0 aliphatic rings. The Morgan fingerprint density at radius 3 is 2.58 bits per heavy atom. The lowest BCUT2D eigenvalue weighted by Gasteiger charge is -2.12. The van der Waals surface area contributed by atoms with Crippen molar-refractivity contribution in [2.24, 2.45) is 7.05 Å². The third kappa shape index (κ3) is 4.36. The first kappa shape index (κ1) is 20.8. The van der Waals surface area contributed by atoms with Crippen molar-refractivity contribution >= 4 is 26.7 Å². The predicted octanol–water partition coefficient (Wildman–Crippen LogP) is 3.27. The molecule has 2 heterocycles. The molecule has 2 aromatic carbocycles. The highest BCUT2D eigenvalue weighted by atomic mass is 32.2. The van der Waals surface area contributed by atoms with E-state index in [1.54, 1.807) is 44.7 Å². The summed E-state index contributed by atoms with van der Waals surface area (Å²) in [5, 5.41) is 0. The van der Waals surface area contributed by atoms with Crippen LogP contribution in [0.3, 0.4) is 0 Å². The summed E-state index contributed by atoms with van der Waals surface area (Å²) in [4.78, 5) is 16.5. The maximum Gasteiger partial charge on any atom is 0.253 e. The summed E-state index contributed by atoms with van der Waals surface area (Å²) < 4.78 is 43.4. The van der Waals surface area contributed by atoms with Gasteiger partial charge in [-0.3, -0.25) is 9.52 Å². The second-order valence-corrected chi connectivity index (χ2v) is 9.34. The molecule has 4 aromatic rings. The summed E-state index contributed by atoms with van der Waals surface area (Å²) in [7, 11) is -1.88. The molecule has 0 saturated heterocycles. The summed E-state index contributed by atoms with van der Waals surface area (Å²) in [5.74, 6) is -0.331. The van der Waals surface area contributed by atoms with Gasteiger partial charge in [0.2, 0.25) is 10.0 Å². The third-order valence-corrected chi connectivity index (χ3v) is 5.55. The second kappa shape index (κ2) is 7.66. The van der Waals surface area contributed by atoms with E-state index in [4.69, 9.17) is 0 Å². The van der Waals surface area contributed by atoms with Gasteiger partial charge in [0.15, 0.2) is 0 Å². The number of rotatable bonds is 5. The Bertz CT molecular complexity index is 1450. The number of halogens is 1. The van der Waals surface area contributed by atoms with Crippen LogP contribution in [0.4, 0.5) is 10.1 Å². The molecule has 4 rings (SSSR count). The van der Waals surface area contributed by atoms with E-state index in [1.807, 2.05) is 16.7 Å². The highest BCUT2D eigenvalue weighted by molar-refractivity contribution is 7.92. The van der Waals surface area contributed by atoms with Crippen LogP contribution in [0.15, 0.2) is 59.8 Å². The van der Waals surface area contributed by atoms with Gasteiger partial charge < -0.3 is 9.13 Å². The molecule has 0 radical (unpaired) electrons. The first-order valence-electron chi connectivity index (χ1n) is 9.49. The molecule has 160 valence electrons. The van der Waals surface area contributed by atoms with Gasteiger partial charge in [-0.25, -0.2) is 17.8 Å². The third-order valence-electron chi connectivity index (χ3n) is 4.96. The van der Waals surface area contributed by atoms with Crippen molar-refractivity contribution < 1.29 is 12.8 Å². The molecule has 1 N–H and O–H groups in total. The number of benzene rings is 2. The number of anilines is 1. The SMILES string of the molecule is Cc1cc(-c2cc(NS(C)(=O)=O)c3ncn(Cc4cccc(F)c4)c3c2)cn(C)c1=O. The quantitative estimate of drug-likeness (QED) is 0.516. The maximum atomic E-state index is 13.6. The second-order valence-electron chi connectivity index (χ2n) is 7.60. The zero-order chi connectivity index (χ0) is 22.3. The molecule has 0 aliphatic heterocycles. The predicted molar refractivity (Wildman–Crippen MR) is 119 cm³/mol. The summed E-state index contributed by atoms with van der Waals surface area (Å²) in [6, 6.07) is 11.6. The molecule has 7 nitrogen and oxygen atoms in total. The molecule has 0 atom stereocenters. The Morgan fingerprint density at radius 1 is 1.13 bits per heavy atom. The van der Waals surface area contributed by atoms with Gasteiger partial charge >= 0.3 is 0 Å². The number of aromatic nitrogens is 3. The smallest absolute Gasteiger partial charge is 0.253 e. The average Bonchev–Trinajstić information content (AvgIpc) is 3.07. The van der Waals surface area contributed by atoms with E-state index in [1.165, 1.54) is 16.7 Å². The van der Waals surface area contributed by atoms with Crippen molar-refractivity contribution in [2.45, 2.75) is 13.5 Å². The molecule has 0 bridgehead atoms.